The molecule has 1 unspecified atom stereocenters. The number of nitrogens with one attached hydrogen (secondary N) is 1. The summed E-state index contributed by atoms with van der Waals surface area (Å²) in [6.07, 6.45) is 0. The van der Waals surface area contributed by atoms with Crippen molar-refractivity contribution in [3.8, 4) is 0 Å². The molecule has 0 aliphatic carbocycles. The second-order valence-corrected chi connectivity index (χ2v) is 5.65. The van der Waals surface area contributed by atoms with Crippen LogP contribution in [0.3, 0.4) is 0 Å². The Morgan fingerprint density at radius 2 is 1.83 bits per heavy atom. The summed E-state index contributed by atoms with van der Waals surface area (Å²) in [5.74, 6) is 0. The van der Waals surface area contributed by atoms with E-state index in [0.717, 1.165) is 5.69 Å². The molecule has 0 aliphatic rings. The molecule has 18 heavy (non-hydrogen) atoms. The first-order valence-electron chi connectivity index (χ1n) is 6.31. The Morgan fingerprint density at radius 3 is 2.44 bits per heavy atom. The summed E-state index contributed by atoms with van der Waals surface area (Å²) in [6.45, 7) is 8.66. The molecule has 1 heterocycles. The Morgan fingerprint density at radius 1 is 1.11 bits per heavy atom. The van der Waals surface area contributed by atoms with Crippen LogP contribution in [0.1, 0.15) is 47.6 Å². The summed E-state index contributed by atoms with van der Waals surface area (Å²) in [6, 6.07) is 9.23. The number of thiazole rings is 1. The maximum Gasteiger partial charge on any atom is 0.0798 e. The number of nitrogens with zero attached hydrogens (tertiary/aromatic N) is 1. The van der Waals surface area contributed by atoms with E-state index >= 15 is 0 Å². The third-order valence-corrected chi connectivity index (χ3v) is 4.44. The Labute approximate surface area is 113 Å². The van der Waals surface area contributed by atoms with Crippen LogP contribution in [0.25, 0.3) is 0 Å². The molecule has 1 aromatic carbocycles. The van der Waals surface area contributed by atoms with Crippen molar-refractivity contribution >= 4 is 11.3 Å². The van der Waals surface area contributed by atoms with Crippen molar-refractivity contribution in [2.75, 3.05) is 0 Å². The highest BCUT2D eigenvalue weighted by Gasteiger charge is 2.15. The van der Waals surface area contributed by atoms with Crippen molar-refractivity contribution in [3.05, 3.63) is 51.5 Å². The molecule has 0 amide bonds. The molecule has 1 N–H and O–H groups in total. The minimum absolute atomic E-state index is 0.340. The first-order chi connectivity index (χ1) is 8.59. The van der Waals surface area contributed by atoms with E-state index in [1.54, 1.807) is 11.3 Å². The first-order valence-corrected chi connectivity index (χ1v) is 7.19. The van der Waals surface area contributed by atoms with Gasteiger partial charge in [0.1, 0.15) is 0 Å². The fraction of sp³-hybridized carbons (Fsp3) is 0.400. The second kappa shape index (κ2) is 5.63. The molecule has 0 fully saturated rings. The maximum absolute atomic E-state index is 4.31. The summed E-state index contributed by atoms with van der Waals surface area (Å²) < 4.78 is 0. The van der Waals surface area contributed by atoms with Crippen molar-refractivity contribution in [3.63, 3.8) is 0 Å². The minimum atomic E-state index is 0.340. The van der Waals surface area contributed by atoms with Crippen LogP contribution in [0.15, 0.2) is 29.8 Å². The van der Waals surface area contributed by atoms with Gasteiger partial charge in [0.15, 0.2) is 0 Å². The Kier molecular flexibility index (Phi) is 4.15. The van der Waals surface area contributed by atoms with E-state index in [-0.39, 0.29) is 0 Å². The van der Waals surface area contributed by atoms with Crippen molar-refractivity contribution in [1.29, 1.82) is 0 Å². The minimum Gasteiger partial charge on any atom is -0.303 e. The van der Waals surface area contributed by atoms with Crippen LogP contribution >= 0.6 is 11.3 Å². The molecule has 2 atom stereocenters. The standard InChI is InChI=1S/C15H20N2S/c1-10-7-5-6-8-14(10)11(2)17-13(4)15-12(3)16-9-18-15/h5-9,11,13,17H,1-4H3/t11-,13?/m1/s1. The molecule has 3 heteroatoms. The highest BCUT2D eigenvalue weighted by molar-refractivity contribution is 7.09. The van der Waals surface area contributed by atoms with Crippen LogP contribution in [-0.4, -0.2) is 4.98 Å². The topological polar surface area (TPSA) is 24.9 Å². The monoisotopic (exact) mass is 260 g/mol. The lowest BCUT2D eigenvalue weighted by Crippen LogP contribution is -2.22. The highest BCUT2D eigenvalue weighted by Crippen LogP contribution is 2.25. The molecule has 0 radical (unpaired) electrons. The predicted molar refractivity (Wildman–Crippen MR) is 78.0 cm³/mol. The van der Waals surface area contributed by atoms with Gasteiger partial charge in [0, 0.05) is 17.0 Å². The lowest BCUT2D eigenvalue weighted by molar-refractivity contribution is 0.496. The van der Waals surface area contributed by atoms with Gasteiger partial charge in [-0.05, 0) is 38.8 Å². The van der Waals surface area contributed by atoms with E-state index in [2.05, 4.69) is 62.3 Å². The SMILES string of the molecule is Cc1ccccc1[C@@H](C)NC(C)c1scnc1C. The molecule has 1 aromatic heterocycles. The second-order valence-electron chi connectivity index (χ2n) is 4.77. The molecular formula is C15H20N2S. The average molecular weight is 260 g/mol. The van der Waals surface area contributed by atoms with Gasteiger partial charge in [-0.1, -0.05) is 24.3 Å². The zero-order valence-electron chi connectivity index (χ0n) is 11.4. The zero-order chi connectivity index (χ0) is 13.1. The van der Waals surface area contributed by atoms with Crippen molar-refractivity contribution in [2.24, 2.45) is 0 Å². The van der Waals surface area contributed by atoms with E-state index < -0.39 is 0 Å². The summed E-state index contributed by atoms with van der Waals surface area (Å²) in [5, 5.41) is 3.65. The van der Waals surface area contributed by atoms with E-state index in [1.807, 2.05) is 5.51 Å². The molecule has 96 valence electrons. The molecular weight excluding hydrogens is 240 g/mol. The van der Waals surface area contributed by atoms with Crippen LogP contribution in [0, 0.1) is 13.8 Å². The van der Waals surface area contributed by atoms with Crippen molar-refractivity contribution < 1.29 is 0 Å². The Balaban J connectivity index is 2.11. The molecule has 0 bridgehead atoms. The average Bonchev–Trinajstić information content (AvgIpc) is 2.76. The molecule has 0 aliphatic heterocycles. The van der Waals surface area contributed by atoms with Gasteiger partial charge in [-0.25, -0.2) is 4.98 Å². The van der Waals surface area contributed by atoms with Crippen LogP contribution in [0.5, 0.6) is 0 Å². The van der Waals surface area contributed by atoms with Crippen molar-refractivity contribution in [2.45, 2.75) is 39.8 Å². The van der Waals surface area contributed by atoms with Gasteiger partial charge in [-0.2, -0.15) is 0 Å². The lowest BCUT2D eigenvalue weighted by atomic mass is 10.0. The fourth-order valence-electron chi connectivity index (χ4n) is 2.34. The smallest absolute Gasteiger partial charge is 0.0798 e. The van der Waals surface area contributed by atoms with E-state index in [0.29, 0.717) is 12.1 Å². The third-order valence-electron chi connectivity index (χ3n) is 3.33. The van der Waals surface area contributed by atoms with Gasteiger partial charge in [-0.15, -0.1) is 11.3 Å². The molecule has 2 rings (SSSR count). The van der Waals surface area contributed by atoms with Crippen molar-refractivity contribution in [1.82, 2.24) is 10.3 Å². The molecule has 2 nitrogen and oxygen atoms in total. The molecule has 0 saturated carbocycles. The van der Waals surface area contributed by atoms with Gasteiger partial charge < -0.3 is 5.32 Å². The van der Waals surface area contributed by atoms with Gasteiger partial charge >= 0.3 is 0 Å². The largest absolute Gasteiger partial charge is 0.303 e. The van der Waals surface area contributed by atoms with Crippen LogP contribution < -0.4 is 5.32 Å². The predicted octanol–water partition coefficient (Wildman–Crippen LogP) is 4.17. The van der Waals surface area contributed by atoms with Gasteiger partial charge in [-0.3, -0.25) is 0 Å². The zero-order valence-corrected chi connectivity index (χ0v) is 12.2. The number of rotatable bonds is 4. The van der Waals surface area contributed by atoms with Crippen LogP contribution in [0.4, 0.5) is 0 Å². The van der Waals surface area contributed by atoms with E-state index in [1.165, 1.54) is 16.0 Å². The quantitative estimate of drug-likeness (QED) is 0.892. The van der Waals surface area contributed by atoms with E-state index in [4.69, 9.17) is 0 Å². The normalized spacial score (nSPS) is 14.4. The first kappa shape index (κ1) is 13.2. The third kappa shape index (κ3) is 2.79. The molecule has 0 spiro atoms. The van der Waals surface area contributed by atoms with Crippen LogP contribution in [0.2, 0.25) is 0 Å². The number of benzene rings is 1. The van der Waals surface area contributed by atoms with E-state index in [9.17, 15) is 0 Å². The van der Waals surface area contributed by atoms with Gasteiger partial charge in [0.25, 0.3) is 0 Å². The molecule has 2 aromatic rings. The number of hydrogen-bond donors (Lipinski definition) is 1. The Hall–Kier alpha value is -1.19. The lowest BCUT2D eigenvalue weighted by Gasteiger charge is -2.21. The number of aryl methyl sites for hydroxylation is 2. The number of aromatic nitrogens is 1. The molecule has 0 saturated heterocycles. The van der Waals surface area contributed by atoms with Gasteiger partial charge in [0.2, 0.25) is 0 Å². The number of hydrogen-bond acceptors (Lipinski definition) is 3. The Bertz CT molecular complexity index is 519. The maximum atomic E-state index is 4.31. The summed E-state index contributed by atoms with van der Waals surface area (Å²) in [7, 11) is 0. The highest BCUT2D eigenvalue weighted by atomic mass is 32.1. The van der Waals surface area contributed by atoms with Crippen LogP contribution in [-0.2, 0) is 0 Å². The summed E-state index contributed by atoms with van der Waals surface area (Å²) >= 11 is 1.73. The fourth-order valence-corrected chi connectivity index (χ4v) is 3.16. The summed E-state index contributed by atoms with van der Waals surface area (Å²) in [4.78, 5) is 5.64. The summed E-state index contributed by atoms with van der Waals surface area (Å²) in [5.41, 5.74) is 5.76. The van der Waals surface area contributed by atoms with Gasteiger partial charge in [0.05, 0.1) is 11.2 Å².